The third-order valence-electron chi connectivity index (χ3n) is 5.33. The summed E-state index contributed by atoms with van der Waals surface area (Å²) in [5.74, 6) is -0.823. The Morgan fingerprint density at radius 2 is 1.90 bits per heavy atom. The average molecular weight is 426 g/mol. The topological polar surface area (TPSA) is 106 Å². The largest absolute Gasteiger partial charge is 0.479 e. The molecule has 1 N–H and O–H groups in total. The van der Waals surface area contributed by atoms with E-state index in [2.05, 4.69) is 4.98 Å². The van der Waals surface area contributed by atoms with E-state index in [9.17, 15) is 19.2 Å². The smallest absolute Gasteiger partial charge is 0.308 e. The third-order valence-corrected chi connectivity index (χ3v) is 5.33. The molecule has 2 atom stereocenters. The average Bonchev–Trinajstić information content (AvgIpc) is 3.01. The maximum Gasteiger partial charge on any atom is 0.308 e. The van der Waals surface area contributed by atoms with E-state index in [0.29, 0.717) is 28.3 Å². The summed E-state index contributed by atoms with van der Waals surface area (Å²) in [6.45, 7) is 8.09. The molecule has 8 nitrogen and oxygen atoms in total. The van der Waals surface area contributed by atoms with E-state index < -0.39 is 24.0 Å². The molecule has 0 spiro atoms. The fourth-order valence-electron chi connectivity index (χ4n) is 3.83. The van der Waals surface area contributed by atoms with Gasteiger partial charge in [-0.15, -0.1) is 0 Å². The molecular formula is C23H26N2O6. The number of esters is 1. The lowest BCUT2D eigenvalue weighted by Gasteiger charge is -2.32. The predicted octanol–water partition coefficient (Wildman–Crippen LogP) is 3.15. The second-order valence-corrected chi connectivity index (χ2v) is 7.65. The second-order valence-electron chi connectivity index (χ2n) is 7.65. The number of Topliss-reactive ketones (excluding diaryl/α,β-unsaturated/α-hetero) is 2. The van der Waals surface area contributed by atoms with Crippen LogP contribution in [0.3, 0.4) is 0 Å². The molecule has 0 bridgehead atoms. The quantitative estimate of drug-likeness (QED) is 0.539. The highest BCUT2D eigenvalue weighted by Gasteiger charge is 2.32. The molecule has 164 valence electrons. The first kappa shape index (κ1) is 22.3. The van der Waals surface area contributed by atoms with Crippen LogP contribution in [0, 0.1) is 13.8 Å². The van der Waals surface area contributed by atoms with Crippen molar-refractivity contribution in [3.63, 3.8) is 0 Å². The van der Waals surface area contributed by atoms with Crippen LogP contribution in [0.2, 0.25) is 0 Å². The van der Waals surface area contributed by atoms with Crippen LogP contribution >= 0.6 is 0 Å². The number of anilines is 1. The van der Waals surface area contributed by atoms with E-state index in [0.717, 1.165) is 0 Å². The van der Waals surface area contributed by atoms with Crippen LogP contribution in [-0.2, 0) is 14.3 Å². The van der Waals surface area contributed by atoms with Crippen molar-refractivity contribution in [3.05, 3.63) is 46.8 Å². The Kier molecular flexibility index (Phi) is 6.29. The highest BCUT2D eigenvalue weighted by molar-refractivity contribution is 6.05. The van der Waals surface area contributed by atoms with E-state index in [-0.39, 0.29) is 30.3 Å². The number of aryl methyl sites for hydroxylation is 1. The van der Waals surface area contributed by atoms with Gasteiger partial charge in [0.2, 0.25) is 5.78 Å². The number of ketones is 2. The summed E-state index contributed by atoms with van der Waals surface area (Å²) in [6, 6.07) is 7.11. The van der Waals surface area contributed by atoms with Crippen molar-refractivity contribution < 1.29 is 28.7 Å². The van der Waals surface area contributed by atoms with Crippen LogP contribution in [-0.4, -0.2) is 47.2 Å². The SMILES string of the molecule is CC(=O)c1c(C)[nH]c(C(=O)C(C)OC(=O)CCN2C(=O)C(C)Oc3ccccc32)c1C. The summed E-state index contributed by atoms with van der Waals surface area (Å²) in [5, 5.41) is 0. The van der Waals surface area contributed by atoms with Crippen LogP contribution in [0.1, 0.15) is 59.3 Å². The van der Waals surface area contributed by atoms with Gasteiger partial charge >= 0.3 is 5.97 Å². The van der Waals surface area contributed by atoms with Crippen molar-refractivity contribution in [3.8, 4) is 5.75 Å². The number of nitrogens with one attached hydrogen (secondary N) is 1. The van der Waals surface area contributed by atoms with Gasteiger partial charge in [-0.05, 0) is 52.3 Å². The molecule has 0 aliphatic carbocycles. The first-order valence-electron chi connectivity index (χ1n) is 10.1. The van der Waals surface area contributed by atoms with Gasteiger partial charge in [0, 0.05) is 17.8 Å². The Balaban J connectivity index is 1.65. The van der Waals surface area contributed by atoms with Gasteiger partial charge in [0.1, 0.15) is 5.75 Å². The summed E-state index contributed by atoms with van der Waals surface area (Å²) in [7, 11) is 0. The van der Waals surface area contributed by atoms with E-state index in [4.69, 9.17) is 9.47 Å². The number of nitrogens with zero attached hydrogens (tertiary/aromatic N) is 1. The van der Waals surface area contributed by atoms with Crippen molar-refractivity contribution in [2.75, 3.05) is 11.4 Å². The van der Waals surface area contributed by atoms with Gasteiger partial charge in [0.25, 0.3) is 5.91 Å². The molecule has 8 heteroatoms. The Bertz CT molecular complexity index is 1050. The number of ether oxygens (including phenoxy) is 2. The Morgan fingerprint density at radius 3 is 2.55 bits per heavy atom. The van der Waals surface area contributed by atoms with E-state index in [1.165, 1.54) is 18.7 Å². The molecule has 1 aromatic heterocycles. The first-order chi connectivity index (χ1) is 14.6. The number of hydrogen-bond donors (Lipinski definition) is 1. The predicted molar refractivity (Wildman–Crippen MR) is 114 cm³/mol. The fraction of sp³-hybridized carbons (Fsp3) is 0.391. The van der Waals surface area contributed by atoms with Gasteiger partial charge in [0.05, 0.1) is 17.8 Å². The molecule has 1 aromatic carbocycles. The summed E-state index contributed by atoms with van der Waals surface area (Å²) >= 11 is 0. The molecule has 31 heavy (non-hydrogen) atoms. The fourth-order valence-corrected chi connectivity index (χ4v) is 3.83. The number of carbonyl (C=O) groups is 4. The zero-order chi connectivity index (χ0) is 22.9. The van der Waals surface area contributed by atoms with Crippen molar-refractivity contribution in [2.24, 2.45) is 0 Å². The molecule has 1 aliphatic rings. The number of fused-ring (bicyclic) bond motifs is 1. The molecule has 0 fully saturated rings. The first-order valence-corrected chi connectivity index (χ1v) is 10.1. The molecule has 0 saturated carbocycles. The minimum Gasteiger partial charge on any atom is -0.479 e. The van der Waals surface area contributed by atoms with Crippen LogP contribution in [0.15, 0.2) is 24.3 Å². The summed E-state index contributed by atoms with van der Waals surface area (Å²) in [4.78, 5) is 53.9. The lowest BCUT2D eigenvalue weighted by molar-refractivity contribution is -0.146. The van der Waals surface area contributed by atoms with Crippen LogP contribution in [0.25, 0.3) is 0 Å². The van der Waals surface area contributed by atoms with Gasteiger partial charge < -0.3 is 19.4 Å². The maximum absolute atomic E-state index is 12.8. The van der Waals surface area contributed by atoms with Crippen molar-refractivity contribution >= 4 is 29.1 Å². The van der Waals surface area contributed by atoms with Crippen molar-refractivity contribution in [1.82, 2.24) is 4.98 Å². The number of benzene rings is 1. The lowest BCUT2D eigenvalue weighted by atomic mass is 10.0. The molecule has 2 heterocycles. The van der Waals surface area contributed by atoms with Crippen LogP contribution in [0.5, 0.6) is 5.75 Å². The molecule has 3 rings (SSSR count). The minimum atomic E-state index is -1.03. The molecule has 0 radical (unpaired) electrons. The molecule has 1 aliphatic heterocycles. The number of rotatable bonds is 7. The van der Waals surface area contributed by atoms with E-state index in [1.807, 2.05) is 6.07 Å². The standard InChI is InChI=1S/C23H26N2O6/c1-12-20(14(3)26)13(2)24-21(12)22(28)15(4)31-19(27)10-11-25-17-8-6-7-9-18(17)30-16(5)23(25)29/h6-9,15-16,24H,10-11H2,1-5H3. The number of carbonyl (C=O) groups excluding carboxylic acids is 4. The van der Waals surface area contributed by atoms with Gasteiger partial charge in [-0.3, -0.25) is 19.2 Å². The monoisotopic (exact) mass is 426 g/mol. The summed E-state index contributed by atoms with van der Waals surface area (Å²) in [6.07, 6.45) is -1.76. The van der Waals surface area contributed by atoms with Crippen LogP contribution in [0.4, 0.5) is 5.69 Å². The number of hydrogen-bond acceptors (Lipinski definition) is 6. The van der Waals surface area contributed by atoms with E-state index >= 15 is 0 Å². The Hall–Kier alpha value is -3.42. The van der Waals surface area contributed by atoms with Gasteiger partial charge in [0.15, 0.2) is 18.0 Å². The van der Waals surface area contributed by atoms with E-state index in [1.54, 1.807) is 39.0 Å². The number of para-hydroxylation sites is 2. The molecular weight excluding hydrogens is 400 g/mol. The van der Waals surface area contributed by atoms with Gasteiger partial charge in [-0.1, -0.05) is 12.1 Å². The molecule has 0 saturated heterocycles. The van der Waals surface area contributed by atoms with Crippen LogP contribution < -0.4 is 9.64 Å². The highest BCUT2D eigenvalue weighted by Crippen LogP contribution is 2.33. The molecule has 1 amide bonds. The molecule has 2 unspecified atom stereocenters. The van der Waals surface area contributed by atoms with Crippen molar-refractivity contribution in [1.29, 1.82) is 0 Å². The Labute approximate surface area is 180 Å². The Morgan fingerprint density at radius 1 is 1.23 bits per heavy atom. The lowest BCUT2D eigenvalue weighted by Crippen LogP contribution is -2.45. The number of amides is 1. The zero-order valence-electron chi connectivity index (χ0n) is 18.3. The number of aromatic amines is 1. The summed E-state index contributed by atoms with van der Waals surface area (Å²) < 4.78 is 10.9. The zero-order valence-corrected chi connectivity index (χ0v) is 18.3. The summed E-state index contributed by atoms with van der Waals surface area (Å²) in [5.41, 5.74) is 2.47. The highest BCUT2D eigenvalue weighted by atomic mass is 16.5. The minimum absolute atomic E-state index is 0.0775. The van der Waals surface area contributed by atoms with Crippen molar-refractivity contribution in [2.45, 2.75) is 53.2 Å². The number of H-pyrrole nitrogens is 1. The third kappa shape index (κ3) is 4.38. The second kappa shape index (κ2) is 8.75. The number of aromatic nitrogens is 1. The van der Waals surface area contributed by atoms with Gasteiger partial charge in [-0.2, -0.15) is 0 Å². The normalized spacial score (nSPS) is 16.4. The maximum atomic E-state index is 12.8. The van der Waals surface area contributed by atoms with Gasteiger partial charge in [-0.25, -0.2) is 0 Å². The molecule has 2 aromatic rings.